The van der Waals surface area contributed by atoms with Crippen LogP contribution in [0.2, 0.25) is 0 Å². The summed E-state index contributed by atoms with van der Waals surface area (Å²) in [4.78, 5) is 26.7. The van der Waals surface area contributed by atoms with Crippen molar-refractivity contribution in [2.45, 2.75) is 19.3 Å². The van der Waals surface area contributed by atoms with Gasteiger partial charge in [-0.1, -0.05) is 12.1 Å². The molecule has 0 atom stereocenters. The van der Waals surface area contributed by atoms with Gasteiger partial charge < -0.3 is 19.7 Å². The lowest BCUT2D eigenvalue weighted by molar-refractivity contribution is -0.115. The third kappa shape index (κ3) is 4.58. The van der Waals surface area contributed by atoms with Crippen molar-refractivity contribution in [2.75, 3.05) is 37.5 Å². The Morgan fingerprint density at radius 1 is 1.04 bits per heavy atom. The van der Waals surface area contributed by atoms with Gasteiger partial charge in [-0.2, -0.15) is 0 Å². The summed E-state index contributed by atoms with van der Waals surface area (Å²) >= 11 is 0. The minimum atomic E-state index is -0.423. The zero-order chi connectivity index (χ0) is 19.2. The van der Waals surface area contributed by atoms with Gasteiger partial charge in [0.05, 0.1) is 37.6 Å². The van der Waals surface area contributed by atoms with Gasteiger partial charge in [-0.05, 0) is 48.7 Å². The Bertz CT molecular complexity index is 811. The van der Waals surface area contributed by atoms with Crippen LogP contribution < -0.4 is 15.0 Å². The van der Waals surface area contributed by atoms with E-state index in [-0.39, 0.29) is 12.3 Å². The van der Waals surface area contributed by atoms with Crippen molar-refractivity contribution in [2.24, 2.45) is 0 Å². The molecule has 0 unspecified atom stereocenters. The Labute approximate surface area is 159 Å². The first-order valence-electron chi connectivity index (χ1n) is 9.01. The molecule has 0 aromatic heterocycles. The van der Waals surface area contributed by atoms with Gasteiger partial charge in [0, 0.05) is 13.1 Å². The quantitative estimate of drug-likeness (QED) is 0.793. The first-order chi connectivity index (χ1) is 13.1. The van der Waals surface area contributed by atoms with E-state index in [0.717, 1.165) is 42.9 Å². The third-order valence-electron chi connectivity index (χ3n) is 4.66. The molecule has 1 heterocycles. The number of amides is 1. The molecule has 3 rings (SSSR count). The maximum Gasteiger partial charge on any atom is 0.337 e. The molecular formula is C21H24N2O4. The highest BCUT2D eigenvalue weighted by Gasteiger charge is 2.19. The number of rotatable bonds is 6. The Kier molecular flexibility index (Phi) is 5.96. The topological polar surface area (TPSA) is 67.9 Å². The van der Waals surface area contributed by atoms with Gasteiger partial charge in [-0.3, -0.25) is 4.79 Å². The van der Waals surface area contributed by atoms with Crippen LogP contribution >= 0.6 is 0 Å². The molecule has 2 aromatic carbocycles. The maximum absolute atomic E-state index is 12.6. The first-order valence-corrected chi connectivity index (χ1v) is 9.01. The third-order valence-corrected chi connectivity index (χ3v) is 4.66. The molecule has 1 fully saturated rings. The average Bonchev–Trinajstić information content (AvgIpc) is 3.22. The minimum absolute atomic E-state index is 0.136. The molecule has 0 radical (unpaired) electrons. The van der Waals surface area contributed by atoms with E-state index in [2.05, 4.69) is 10.2 Å². The summed E-state index contributed by atoms with van der Waals surface area (Å²) in [7, 11) is 2.95. The fourth-order valence-corrected chi connectivity index (χ4v) is 3.24. The van der Waals surface area contributed by atoms with Crippen molar-refractivity contribution >= 4 is 23.3 Å². The summed E-state index contributed by atoms with van der Waals surface area (Å²) in [5, 5.41) is 2.96. The SMILES string of the molecule is COC(=O)c1ccc(N2CCCC2)c(NC(=O)Cc2ccc(OC)cc2)c1. The molecule has 142 valence electrons. The van der Waals surface area contributed by atoms with Crippen LogP contribution in [0.1, 0.15) is 28.8 Å². The number of methoxy groups -OCH3 is 2. The maximum atomic E-state index is 12.6. The van der Waals surface area contributed by atoms with Crippen molar-refractivity contribution in [1.82, 2.24) is 0 Å². The normalized spacial score (nSPS) is 13.3. The second-order valence-corrected chi connectivity index (χ2v) is 6.49. The largest absolute Gasteiger partial charge is 0.497 e. The van der Waals surface area contributed by atoms with E-state index in [9.17, 15) is 9.59 Å². The molecule has 6 nitrogen and oxygen atoms in total. The molecule has 1 saturated heterocycles. The van der Waals surface area contributed by atoms with E-state index < -0.39 is 5.97 Å². The molecule has 1 amide bonds. The highest BCUT2D eigenvalue weighted by molar-refractivity contribution is 5.98. The van der Waals surface area contributed by atoms with Gasteiger partial charge in [0.15, 0.2) is 0 Å². The summed E-state index contributed by atoms with van der Waals surface area (Å²) < 4.78 is 9.94. The zero-order valence-corrected chi connectivity index (χ0v) is 15.7. The van der Waals surface area contributed by atoms with Gasteiger partial charge in [-0.15, -0.1) is 0 Å². The summed E-state index contributed by atoms with van der Waals surface area (Å²) in [5.74, 6) is 0.192. The molecule has 1 N–H and O–H groups in total. The van der Waals surface area contributed by atoms with E-state index >= 15 is 0 Å². The molecular weight excluding hydrogens is 344 g/mol. The second-order valence-electron chi connectivity index (χ2n) is 6.49. The van der Waals surface area contributed by atoms with Gasteiger partial charge in [0.25, 0.3) is 0 Å². The van der Waals surface area contributed by atoms with Crippen LogP contribution in [0.3, 0.4) is 0 Å². The zero-order valence-electron chi connectivity index (χ0n) is 15.7. The summed E-state index contributed by atoms with van der Waals surface area (Å²) in [5.41, 5.74) is 2.88. The van der Waals surface area contributed by atoms with Gasteiger partial charge in [0.1, 0.15) is 5.75 Å². The Morgan fingerprint density at radius 3 is 2.37 bits per heavy atom. The Balaban J connectivity index is 1.79. The number of nitrogens with zero attached hydrogens (tertiary/aromatic N) is 1. The standard InChI is InChI=1S/C21H24N2O4/c1-26-17-8-5-15(6-9-17)13-20(24)22-18-14-16(21(25)27-2)7-10-19(18)23-11-3-4-12-23/h5-10,14H,3-4,11-13H2,1-2H3,(H,22,24). The summed E-state index contributed by atoms with van der Waals surface area (Å²) in [6.07, 6.45) is 2.49. The molecule has 0 saturated carbocycles. The number of esters is 1. The van der Waals surface area contributed by atoms with Crippen molar-refractivity contribution in [3.05, 3.63) is 53.6 Å². The van der Waals surface area contributed by atoms with Gasteiger partial charge in [0.2, 0.25) is 5.91 Å². The van der Waals surface area contributed by atoms with Gasteiger partial charge >= 0.3 is 5.97 Å². The average molecular weight is 368 g/mol. The first kappa shape index (κ1) is 18.8. The number of carbonyl (C=O) groups excluding carboxylic acids is 2. The van der Waals surface area contributed by atoms with Crippen molar-refractivity contribution in [3.8, 4) is 5.75 Å². The van der Waals surface area contributed by atoms with Crippen LogP contribution in [0, 0.1) is 0 Å². The molecule has 0 spiro atoms. The number of ether oxygens (including phenoxy) is 2. The Hall–Kier alpha value is -3.02. The monoisotopic (exact) mass is 368 g/mol. The number of anilines is 2. The fraction of sp³-hybridized carbons (Fsp3) is 0.333. The lowest BCUT2D eigenvalue weighted by Crippen LogP contribution is -2.22. The number of hydrogen-bond donors (Lipinski definition) is 1. The molecule has 2 aromatic rings. The molecule has 27 heavy (non-hydrogen) atoms. The van der Waals surface area contributed by atoms with Crippen molar-refractivity contribution < 1.29 is 19.1 Å². The molecule has 1 aliphatic rings. The number of nitrogens with one attached hydrogen (secondary N) is 1. The van der Waals surface area contributed by atoms with E-state index in [1.165, 1.54) is 7.11 Å². The van der Waals surface area contributed by atoms with E-state index in [1.54, 1.807) is 19.2 Å². The fourth-order valence-electron chi connectivity index (χ4n) is 3.24. The molecule has 1 aliphatic heterocycles. The summed E-state index contributed by atoms with van der Waals surface area (Å²) in [6.45, 7) is 1.89. The predicted octanol–water partition coefficient (Wildman–Crippen LogP) is 3.26. The van der Waals surface area contributed by atoms with Crippen LogP contribution in [0.15, 0.2) is 42.5 Å². The van der Waals surface area contributed by atoms with Gasteiger partial charge in [-0.25, -0.2) is 4.79 Å². The lowest BCUT2D eigenvalue weighted by Gasteiger charge is -2.22. The molecule has 6 heteroatoms. The predicted molar refractivity (Wildman–Crippen MR) is 105 cm³/mol. The van der Waals surface area contributed by atoms with Crippen LogP contribution in [0.4, 0.5) is 11.4 Å². The van der Waals surface area contributed by atoms with Crippen LogP contribution in [0.5, 0.6) is 5.75 Å². The number of carbonyl (C=O) groups is 2. The van der Waals surface area contributed by atoms with Crippen molar-refractivity contribution in [3.63, 3.8) is 0 Å². The highest BCUT2D eigenvalue weighted by Crippen LogP contribution is 2.30. The van der Waals surface area contributed by atoms with Crippen molar-refractivity contribution in [1.29, 1.82) is 0 Å². The Morgan fingerprint density at radius 2 is 1.74 bits per heavy atom. The van der Waals surface area contributed by atoms with Crippen LogP contribution in [0.25, 0.3) is 0 Å². The highest BCUT2D eigenvalue weighted by atomic mass is 16.5. The molecule has 0 aliphatic carbocycles. The lowest BCUT2D eigenvalue weighted by atomic mass is 10.1. The van der Waals surface area contributed by atoms with E-state index in [0.29, 0.717) is 11.3 Å². The molecule has 0 bridgehead atoms. The number of benzene rings is 2. The van der Waals surface area contributed by atoms with E-state index in [1.807, 2.05) is 30.3 Å². The second kappa shape index (κ2) is 8.58. The summed E-state index contributed by atoms with van der Waals surface area (Å²) in [6, 6.07) is 12.7. The number of hydrogen-bond acceptors (Lipinski definition) is 5. The van der Waals surface area contributed by atoms with Crippen LogP contribution in [-0.2, 0) is 16.0 Å². The van der Waals surface area contributed by atoms with Crippen LogP contribution in [-0.4, -0.2) is 39.2 Å². The van der Waals surface area contributed by atoms with E-state index in [4.69, 9.17) is 9.47 Å². The minimum Gasteiger partial charge on any atom is -0.497 e. The smallest absolute Gasteiger partial charge is 0.337 e.